The third kappa shape index (κ3) is 8.38. The summed E-state index contributed by atoms with van der Waals surface area (Å²) in [5.41, 5.74) is 10.4. The van der Waals surface area contributed by atoms with E-state index in [2.05, 4.69) is 36.4 Å². The topological polar surface area (TPSA) is 126 Å². The van der Waals surface area contributed by atoms with Gasteiger partial charge in [-0.15, -0.1) is 0 Å². The van der Waals surface area contributed by atoms with Crippen LogP contribution in [0.2, 0.25) is 0 Å². The van der Waals surface area contributed by atoms with E-state index in [9.17, 15) is 4.79 Å². The fraction of sp³-hybridized carbons (Fsp3) is 0.276. The van der Waals surface area contributed by atoms with Gasteiger partial charge in [-0.3, -0.25) is 15.1 Å². The molecule has 1 unspecified atom stereocenters. The van der Waals surface area contributed by atoms with Crippen molar-refractivity contribution in [2.45, 2.75) is 39.2 Å². The van der Waals surface area contributed by atoms with Gasteiger partial charge < -0.3 is 20.3 Å². The Balaban J connectivity index is 0.000000886. The largest absolute Gasteiger partial charge is 0.489 e. The summed E-state index contributed by atoms with van der Waals surface area (Å²) >= 11 is 0. The molecule has 0 aromatic heterocycles. The molecule has 3 aromatic carbocycles. The van der Waals surface area contributed by atoms with Gasteiger partial charge in [-0.05, 0) is 61.1 Å². The van der Waals surface area contributed by atoms with Crippen molar-refractivity contribution >= 4 is 23.6 Å². The van der Waals surface area contributed by atoms with E-state index in [1.165, 1.54) is 5.56 Å². The van der Waals surface area contributed by atoms with Crippen LogP contribution in [0.5, 0.6) is 5.75 Å². The quantitative estimate of drug-likeness (QED) is 0.280. The molecule has 37 heavy (non-hydrogen) atoms. The average molecular weight is 504 g/mol. The Morgan fingerprint density at radius 3 is 2.54 bits per heavy atom. The molecular weight excluding hydrogens is 470 g/mol. The Labute approximate surface area is 217 Å². The number of rotatable bonds is 9. The molecule has 0 spiro atoms. The molecule has 1 aliphatic rings. The Bertz CT molecular complexity index is 1230. The summed E-state index contributed by atoms with van der Waals surface area (Å²) < 4.78 is 11.7. The maximum atomic E-state index is 12.4. The van der Waals surface area contributed by atoms with E-state index >= 15 is 0 Å². The van der Waals surface area contributed by atoms with E-state index in [1.807, 2.05) is 25.1 Å². The highest BCUT2D eigenvalue weighted by Crippen LogP contribution is 2.26. The van der Waals surface area contributed by atoms with Crippen molar-refractivity contribution < 1.29 is 24.2 Å². The number of nitrogens with one attached hydrogen (secondary N) is 1. The molecule has 4 rings (SSSR count). The number of aryl methyl sites for hydroxylation is 3. The molecule has 194 valence electrons. The molecule has 1 aliphatic heterocycles. The minimum atomic E-state index is -0.833. The van der Waals surface area contributed by atoms with E-state index in [0.717, 1.165) is 43.1 Å². The number of cyclic esters (lactones) is 1. The molecule has 1 heterocycles. The zero-order valence-corrected chi connectivity index (χ0v) is 21.1. The summed E-state index contributed by atoms with van der Waals surface area (Å²) in [7, 11) is 0. The number of nitrogens with two attached hydrogens (primary N) is 1. The molecule has 4 N–H and O–H groups in total. The van der Waals surface area contributed by atoms with Crippen LogP contribution in [0.25, 0.3) is 0 Å². The molecule has 0 radical (unpaired) electrons. The molecule has 8 nitrogen and oxygen atoms in total. The van der Waals surface area contributed by atoms with Gasteiger partial charge in [-0.1, -0.05) is 54.6 Å². The van der Waals surface area contributed by atoms with E-state index < -0.39 is 12.1 Å². The number of anilines is 1. The lowest BCUT2D eigenvalue weighted by Gasteiger charge is -2.16. The molecule has 1 atom stereocenters. The third-order valence-corrected chi connectivity index (χ3v) is 5.74. The first-order valence-corrected chi connectivity index (χ1v) is 12.1. The van der Waals surface area contributed by atoms with E-state index in [0.29, 0.717) is 17.8 Å². The van der Waals surface area contributed by atoms with Gasteiger partial charge >= 0.3 is 6.09 Å². The third-order valence-electron chi connectivity index (χ3n) is 5.74. The highest BCUT2D eigenvalue weighted by molar-refractivity contribution is 5.97. The average Bonchev–Trinajstić information content (AvgIpc) is 3.24. The monoisotopic (exact) mass is 503 g/mol. The number of hydrogen-bond donors (Lipinski definition) is 3. The molecular formula is C29H33N3O5. The van der Waals surface area contributed by atoms with Crippen molar-refractivity contribution in [2.24, 2.45) is 5.73 Å². The fourth-order valence-electron chi connectivity index (χ4n) is 3.97. The Morgan fingerprint density at radius 2 is 1.84 bits per heavy atom. The number of carbonyl (C=O) groups is 2. The number of carboxylic acid groups (broad SMARTS) is 1. The maximum absolute atomic E-state index is 12.4. The number of aliphatic carboxylic acids is 1. The molecule has 0 saturated carbocycles. The first-order valence-electron chi connectivity index (χ1n) is 12.1. The van der Waals surface area contributed by atoms with E-state index in [-0.39, 0.29) is 18.5 Å². The van der Waals surface area contributed by atoms with Crippen molar-refractivity contribution in [3.63, 3.8) is 0 Å². The second kappa shape index (κ2) is 13.1. The second-order valence-electron chi connectivity index (χ2n) is 8.86. The van der Waals surface area contributed by atoms with Crippen LogP contribution in [0.4, 0.5) is 10.5 Å². The first-order chi connectivity index (χ1) is 17.7. The maximum Gasteiger partial charge on any atom is 0.414 e. The highest BCUT2D eigenvalue weighted by atomic mass is 16.6. The van der Waals surface area contributed by atoms with Crippen molar-refractivity contribution in [3.8, 4) is 5.75 Å². The number of nitrogens with zero attached hydrogens (tertiary/aromatic N) is 1. The number of benzene rings is 3. The van der Waals surface area contributed by atoms with Crippen LogP contribution in [0.3, 0.4) is 0 Å². The number of nitrogen functional groups attached to an aromatic ring is 1. The summed E-state index contributed by atoms with van der Waals surface area (Å²) in [6, 6.07) is 23.8. The minimum Gasteiger partial charge on any atom is -0.489 e. The number of amides is 1. The van der Waals surface area contributed by atoms with Crippen LogP contribution in [-0.4, -0.2) is 42.3 Å². The number of ether oxygens (including phenoxy) is 2. The Kier molecular flexibility index (Phi) is 9.66. The lowest BCUT2D eigenvalue weighted by Crippen LogP contribution is -2.27. The fourth-order valence-corrected chi connectivity index (χ4v) is 3.97. The van der Waals surface area contributed by atoms with Gasteiger partial charge in [-0.25, -0.2) is 4.79 Å². The van der Waals surface area contributed by atoms with Crippen molar-refractivity contribution in [1.82, 2.24) is 0 Å². The zero-order chi connectivity index (χ0) is 26.8. The van der Waals surface area contributed by atoms with Gasteiger partial charge in [0.2, 0.25) is 0 Å². The Hall–Kier alpha value is -4.33. The zero-order valence-electron chi connectivity index (χ0n) is 21.1. The summed E-state index contributed by atoms with van der Waals surface area (Å²) in [6.45, 7) is 3.79. The summed E-state index contributed by atoms with van der Waals surface area (Å²) in [4.78, 5) is 23.0. The van der Waals surface area contributed by atoms with Gasteiger partial charge in [0.05, 0.1) is 6.54 Å². The number of amidine groups is 1. The second-order valence-corrected chi connectivity index (χ2v) is 8.86. The minimum absolute atomic E-state index is 0.0384. The molecule has 1 saturated heterocycles. The SMILES string of the molecule is CC(=O)O.Cc1ccc(CCCc2ccccc2)c(OCC2CN(c3cccc(C(=N)N)c3)C(=O)O2)c1. The molecule has 8 heteroatoms. The number of carbonyl (C=O) groups excluding carboxylic acids is 1. The summed E-state index contributed by atoms with van der Waals surface area (Å²) in [6.07, 6.45) is 2.16. The first kappa shape index (κ1) is 27.3. The van der Waals surface area contributed by atoms with Crippen LogP contribution >= 0.6 is 0 Å². The van der Waals surface area contributed by atoms with E-state index in [4.69, 9.17) is 30.5 Å². The van der Waals surface area contributed by atoms with Crippen molar-refractivity contribution in [1.29, 1.82) is 5.41 Å². The lowest BCUT2D eigenvalue weighted by molar-refractivity contribution is -0.134. The van der Waals surface area contributed by atoms with Gasteiger partial charge in [0, 0.05) is 18.2 Å². The molecule has 0 aliphatic carbocycles. The van der Waals surface area contributed by atoms with Crippen LogP contribution in [0, 0.1) is 12.3 Å². The molecule has 1 amide bonds. The predicted molar refractivity (Wildman–Crippen MR) is 144 cm³/mol. The summed E-state index contributed by atoms with van der Waals surface area (Å²) in [5, 5.41) is 15.0. The van der Waals surface area contributed by atoms with Gasteiger partial charge in [0.1, 0.15) is 18.2 Å². The standard InChI is InChI=1S/C27H29N3O3.C2H4O2/c1-19-13-14-21(10-5-9-20-7-3-2-4-8-20)25(15-19)32-18-24-17-30(27(31)33-24)23-12-6-11-22(16-23)26(28)29;1-2(3)4/h2-4,6-8,11-16,24H,5,9-10,17-18H2,1H3,(H3,28,29);1H3,(H,3,4). The smallest absolute Gasteiger partial charge is 0.414 e. The van der Waals surface area contributed by atoms with Gasteiger partial charge in [0.25, 0.3) is 5.97 Å². The summed E-state index contributed by atoms with van der Waals surface area (Å²) in [5.74, 6) is -0.0281. The number of carboxylic acids is 1. The van der Waals surface area contributed by atoms with Crippen LogP contribution in [0.1, 0.15) is 35.6 Å². The molecule has 0 bridgehead atoms. The van der Waals surface area contributed by atoms with Crippen LogP contribution in [0.15, 0.2) is 72.8 Å². The van der Waals surface area contributed by atoms with E-state index in [1.54, 1.807) is 23.1 Å². The lowest BCUT2D eigenvalue weighted by atomic mass is 10.0. The van der Waals surface area contributed by atoms with Gasteiger partial charge in [0.15, 0.2) is 6.10 Å². The van der Waals surface area contributed by atoms with Crippen molar-refractivity contribution in [3.05, 3.63) is 95.1 Å². The van der Waals surface area contributed by atoms with Gasteiger partial charge in [-0.2, -0.15) is 0 Å². The van der Waals surface area contributed by atoms with Crippen molar-refractivity contribution in [2.75, 3.05) is 18.1 Å². The predicted octanol–water partition coefficient (Wildman–Crippen LogP) is 4.95. The molecule has 3 aromatic rings. The van der Waals surface area contributed by atoms with Crippen LogP contribution < -0.4 is 15.4 Å². The normalized spacial score (nSPS) is 14.4. The number of hydrogen-bond acceptors (Lipinski definition) is 5. The Morgan fingerprint density at radius 1 is 1.11 bits per heavy atom. The molecule has 1 fully saturated rings. The highest BCUT2D eigenvalue weighted by Gasteiger charge is 2.33. The van der Waals surface area contributed by atoms with Crippen LogP contribution in [-0.2, 0) is 22.4 Å².